The van der Waals surface area contributed by atoms with Gasteiger partial charge in [-0.15, -0.1) is 0 Å². The van der Waals surface area contributed by atoms with Crippen LogP contribution in [-0.4, -0.2) is 123 Å². The minimum atomic E-state index is -1.78. The van der Waals surface area contributed by atoms with E-state index in [9.17, 15) is 35.4 Å². The van der Waals surface area contributed by atoms with Gasteiger partial charge in [0.2, 0.25) is 17.8 Å². The third-order valence-corrected chi connectivity index (χ3v) is 9.00. The minimum absolute atomic E-state index is 0.0274. The van der Waals surface area contributed by atoms with Crippen molar-refractivity contribution in [1.82, 2.24) is 0 Å². The molecule has 0 amide bonds. The highest BCUT2D eigenvalue weighted by atomic mass is 16.7. The average molecular weight is 733 g/mol. The number of aliphatic hydroxyl groups is 5. The lowest BCUT2D eigenvalue weighted by Crippen LogP contribution is -2.60. The van der Waals surface area contributed by atoms with E-state index in [2.05, 4.69) is 0 Å². The molecule has 0 radical (unpaired) electrons. The Labute approximate surface area is 299 Å². The molecule has 5 rings (SSSR count). The van der Waals surface area contributed by atoms with Crippen LogP contribution >= 0.6 is 0 Å². The van der Waals surface area contributed by atoms with E-state index in [0.29, 0.717) is 29.9 Å². The summed E-state index contributed by atoms with van der Waals surface area (Å²) in [6.07, 6.45) is -7.75. The lowest BCUT2D eigenvalue weighted by atomic mass is 9.90. The van der Waals surface area contributed by atoms with Gasteiger partial charge in [0.15, 0.2) is 34.5 Å². The maximum atomic E-state index is 12.9. The molecule has 3 aromatic carbocycles. The fourth-order valence-electron chi connectivity index (χ4n) is 6.23. The monoisotopic (exact) mass is 732 g/mol. The van der Waals surface area contributed by atoms with Gasteiger partial charge in [0.25, 0.3) is 0 Å². The number of aromatic hydroxyl groups is 1. The Kier molecular flexibility index (Phi) is 12.4. The molecule has 0 aromatic heterocycles. The molecule has 0 bridgehead atoms. The Morgan fingerprint density at radius 1 is 0.769 bits per heavy atom. The molecule has 52 heavy (non-hydrogen) atoms. The summed E-state index contributed by atoms with van der Waals surface area (Å²) in [5.41, 5.74) is 2.15. The molecule has 1 saturated heterocycles. The van der Waals surface area contributed by atoms with Crippen LogP contribution in [0.2, 0.25) is 0 Å². The second kappa shape index (κ2) is 16.8. The van der Waals surface area contributed by atoms with Gasteiger partial charge in [-0.2, -0.15) is 0 Å². The van der Waals surface area contributed by atoms with Gasteiger partial charge in [0, 0.05) is 17.7 Å². The second-order valence-corrected chi connectivity index (χ2v) is 12.1. The van der Waals surface area contributed by atoms with Crippen molar-refractivity contribution in [2.45, 2.75) is 55.6 Å². The number of hydrogen-bond donors (Lipinski definition) is 6. The summed E-state index contributed by atoms with van der Waals surface area (Å²) >= 11 is 0. The molecule has 6 N–H and O–H groups in total. The predicted octanol–water partition coefficient (Wildman–Crippen LogP) is 1.61. The summed E-state index contributed by atoms with van der Waals surface area (Å²) in [6.45, 7) is -0.815. The van der Waals surface area contributed by atoms with Crippen LogP contribution in [0.1, 0.15) is 45.5 Å². The predicted molar refractivity (Wildman–Crippen MR) is 180 cm³/mol. The van der Waals surface area contributed by atoms with Crippen LogP contribution in [-0.2, 0) is 15.9 Å². The smallest absolute Gasteiger partial charge is 0.338 e. The molecule has 0 aliphatic carbocycles. The number of phenolic OH excluding ortho intramolecular Hbond substituents is 1. The summed E-state index contributed by atoms with van der Waals surface area (Å²) in [6, 6.07) is 9.44. The van der Waals surface area contributed by atoms with E-state index in [0.717, 1.165) is 11.1 Å². The van der Waals surface area contributed by atoms with E-state index in [1.165, 1.54) is 47.7 Å². The largest absolute Gasteiger partial charge is 0.502 e. The third-order valence-electron chi connectivity index (χ3n) is 9.00. The summed E-state index contributed by atoms with van der Waals surface area (Å²) in [5.74, 6) is -0.627. The number of carbonyl (C=O) groups is 1. The van der Waals surface area contributed by atoms with Crippen LogP contribution in [0.3, 0.4) is 0 Å². The van der Waals surface area contributed by atoms with Gasteiger partial charge in [0.1, 0.15) is 37.1 Å². The summed E-state index contributed by atoms with van der Waals surface area (Å²) in [5, 5.41) is 62.3. The Hall–Kier alpha value is -4.71. The number of benzene rings is 3. The van der Waals surface area contributed by atoms with Crippen LogP contribution in [0.5, 0.6) is 46.0 Å². The number of methoxy groups -OCH3 is 5. The van der Waals surface area contributed by atoms with Crippen LogP contribution in [0.25, 0.3) is 0 Å². The Morgan fingerprint density at radius 3 is 1.94 bits per heavy atom. The first-order chi connectivity index (χ1) is 25.0. The van der Waals surface area contributed by atoms with E-state index in [1.807, 2.05) is 12.1 Å². The molecule has 2 heterocycles. The Balaban J connectivity index is 1.37. The molecule has 3 aromatic rings. The fraction of sp³-hybridized carbons (Fsp3) is 0.472. The molecule has 0 saturated carbocycles. The van der Waals surface area contributed by atoms with Gasteiger partial charge in [-0.05, 0) is 48.7 Å². The number of phenols is 1. The minimum Gasteiger partial charge on any atom is -0.502 e. The van der Waals surface area contributed by atoms with Crippen molar-refractivity contribution < 1.29 is 78.1 Å². The lowest BCUT2D eigenvalue weighted by Gasteiger charge is -2.40. The number of aliphatic hydroxyl groups excluding tert-OH is 5. The topological polar surface area (TPSA) is 222 Å². The quantitative estimate of drug-likeness (QED) is 0.122. The number of hydrogen-bond acceptors (Lipinski definition) is 16. The van der Waals surface area contributed by atoms with Gasteiger partial charge in [-0.25, -0.2) is 4.79 Å². The summed E-state index contributed by atoms with van der Waals surface area (Å²) in [4.78, 5) is 12.9. The number of fused-ring (bicyclic) bond motifs is 1. The van der Waals surface area contributed by atoms with Crippen molar-refractivity contribution in [1.29, 1.82) is 0 Å². The standard InChI is InChI=1S/C36H44O16/c1-44-22-13-19(14-23(45-2)28(22)39)35(43)49-16-27-29(40)30(41)31(42)36(50-27)52-34-25(47-4)11-18(12-26(34)48-5)32-21(15-38)20-9-17(7-6-8-37)10-24(46-3)33(20)51-32/h9-14,21,27,29-32,36-42H,6-8,15-16H2,1-5H3/t21-,27-,29-,30+,31-,32+,36+/m1/s1. The number of ether oxygens (including phenoxy) is 9. The fourth-order valence-corrected chi connectivity index (χ4v) is 6.23. The molecule has 1 fully saturated rings. The van der Waals surface area contributed by atoms with Crippen molar-refractivity contribution in [2.75, 3.05) is 55.4 Å². The van der Waals surface area contributed by atoms with E-state index >= 15 is 0 Å². The molecule has 2 aliphatic rings. The molecule has 0 unspecified atom stereocenters. The SMILES string of the molecule is COc1cc(C(=O)OC[C@H]2O[C@@H](Oc3c(OC)cc([C@@H]4Oc5c(OC)cc(CCCO)cc5[C@H]4CO)cc3OC)[C@H](O)[C@@H](O)[C@@H]2O)cc(OC)c1O. The van der Waals surface area contributed by atoms with Crippen molar-refractivity contribution in [2.24, 2.45) is 0 Å². The van der Waals surface area contributed by atoms with Crippen molar-refractivity contribution in [3.8, 4) is 46.0 Å². The highest BCUT2D eigenvalue weighted by molar-refractivity contribution is 5.91. The first kappa shape index (κ1) is 38.5. The molecule has 7 atom stereocenters. The van der Waals surface area contributed by atoms with Crippen molar-refractivity contribution in [3.63, 3.8) is 0 Å². The van der Waals surface area contributed by atoms with Gasteiger partial charge >= 0.3 is 5.97 Å². The molecule has 0 spiro atoms. The van der Waals surface area contributed by atoms with Gasteiger partial charge in [-0.3, -0.25) is 0 Å². The van der Waals surface area contributed by atoms with E-state index in [4.69, 9.17) is 42.6 Å². The highest BCUT2D eigenvalue weighted by Crippen LogP contribution is 2.53. The number of carbonyl (C=O) groups excluding carboxylic acids is 1. The first-order valence-corrected chi connectivity index (χ1v) is 16.4. The van der Waals surface area contributed by atoms with E-state index < -0.39 is 55.3 Å². The molecule has 284 valence electrons. The van der Waals surface area contributed by atoms with Crippen LogP contribution in [0.15, 0.2) is 36.4 Å². The third kappa shape index (κ3) is 7.58. The molecule has 16 nitrogen and oxygen atoms in total. The highest BCUT2D eigenvalue weighted by Gasteiger charge is 2.46. The van der Waals surface area contributed by atoms with Crippen molar-refractivity contribution >= 4 is 5.97 Å². The first-order valence-electron chi connectivity index (χ1n) is 16.4. The maximum absolute atomic E-state index is 12.9. The molecule has 16 heteroatoms. The second-order valence-electron chi connectivity index (χ2n) is 12.1. The van der Waals surface area contributed by atoms with Crippen molar-refractivity contribution in [3.05, 3.63) is 58.7 Å². The number of aryl methyl sites for hydroxylation is 1. The lowest BCUT2D eigenvalue weighted by molar-refractivity contribution is -0.277. The molecular formula is C36H44O16. The zero-order valence-corrected chi connectivity index (χ0v) is 29.3. The summed E-state index contributed by atoms with van der Waals surface area (Å²) < 4.78 is 50.6. The molecule has 2 aliphatic heterocycles. The van der Waals surface area contributed by atoms with Gasteiger partial charge < -0.3 is 73.3 Å². The molecular weight excluding hydrogens is 688 g/mol. The van der Waals surface area contributed by atoms with Crippen LogP contribution < -0.4 is 33.2 Å². The van der Waals surface area contributed by atoms with Crippen LogP contribution in [0, 0.1) is 0 Å². The normalized spacial score (nSPS) is 23.6. The van der Waals surface area contributed by atoms with Gasteiger partial charge in [0.05, 0.1) is 53.6 Å². The average Bonchev–Trinajstić information content (AvgIpc) is 3.54. The zero-order valence-electron chi connectivity index (χ0n) is 29.3. The Bertz CT molecular complexity index is 1660. The zero-order chi connectivity index (χ0) is 37.7. The maximum Gasteiger partial charge on any atom is 0.338 e. The van der Waals surface area contributed by atoms with E-state index in [-0.39, 0.29) is 53.3 Å². The van der Waals surface area contributed by atoms with Crippen LogP contribution in [0.4, 0.5) is 0 Å². The van der Waals surface area contributed by atoms with E-state index in [1.54, 1.807) is 12.1 Å². The number of esters is 1. The summed E-state index contributed by atoms with van der Waals surface area (Å²) in [7, 11) is 6.86. The number of rotatable bonds is 15. The Morgan fingerprint density at radius 2 is 1.38 bits per heavy atom. The van der Waals surface area contributed by atoms with Gasteiger partial charge in [-0.1, -0.05) is 6.07 Å².